The van der Waals surface area contributed by atoms with E-state index in [1.807, 2.05) is 12.1 Å². The Kier molecular flexibility index (Phi) is 3.39. The lowest BCUT2D eigenvalue weighted by Crippen LogP contribution is -1.90. The van der Waals surface area contributed by atoms with Crippen LogP contribution in [0, 0.1) is 6.92 Å². The van der Waals surface area contributed by atoms with E-state index in [0.717, 1.165) is 5.56 Å². The molecule has 4 rings (SSSR count). The molecule has 1 aromatic heterocycles. The van der Waals surface area contributed by atoms with E-state index in [-0.39, 0.29) is 0 Å². The molecular weight excluding hydrogens is 284 g/mol. The standard InChI is InChI=1S/C20H16N2O/c1-14-6-4-10-17(12-14)20-21-19(23-22-20)13-16-9-5-8-15-7-2-3-11-18(15)16/h2-12H,13H2,1H3. The molecule has 0 amide bonds. The highest BCUT2D eigenvalue weighted by Crippen LogP contribution is 2.22. The average molecular weight is 300 g/mol. The quantitative estimate of drug-likeness (QED) is 0.546. The molecule has 3 heteroatoms. The lowest BCUT2D eigenvalue weighted by atomic mass is 10.0. The van der Waals surface area contributed by atoms with E-state index in [9.17, 15) is 0 Å². The van der Waals surface area contributed by atoms with E-state index in [1.54, 1.807) is 0 Å². The number of aromatic nitrogens is 2. The molecule has 0 aliphatic rings. The topological polar surface area (TPSA) is 38.9 Å². The maximum absolute atomic E-state index is 5.45. The number of fused-ring (bicyclic) bond motifs is 1. The monoisotopic (exact) mass is 300 g/mol. The van der Waals surface area contributed by atoms with Crippen molar-refractivity contribution in [3.63, 3.8) is 0 Å². The van der Waals surface area contributed by atoms with Crippen LogP contribution in [0.25, 0.3) is 22.2 Å². The van der Waals surface area contributed by atoms with Crippen LogP contribution in [0.15, 0.2) is 71.3 Å². The van der Waals surface area contributed by atoms with E-state index in [4.69, 9.17) is 4.52 Å². The normalized spacial score (nSPS) is 11.0. The minimum Gasteiger partial charge on any atom is -0.339 e. The van der Waals surface area contributed by atoms with Crippen LogP contribution >= 0.6 is 0 Å². The van der Waals surface area contributed by atoms with Crippen LogP contribution in [0.2, 0.25) is 0 Å². The van der Waals surface area contributed by atoms with Gasteiger partial charge >= 0.3 is 0 Å². The SMILES string of the molecule is Cc1cccc(-c2noc(Cc3cccc4ccccc34)n2)c1. The van der Waals surface area contributed by atoms with Crippen molar-refractivity contribution in [1.82, 2.24) is 10.1 Å². The van der Waals surface area contributed by atoms with Crippen molar-refractivity contribution in [2.45, 2.75) is 13.3 Å². The summed E-state index contributed by atoms with van der Waals surface area (Å²) >= 11 is 0. The Bertz CT molecular complexity index is 967. The molecule has 0 fully saturated rings. The summed E-state index contributed by atoms with van der Waals surface area (Å²) in [7, 11) is 0. The van der Waals surface area contributed by atoms with E-state index in [2.05, 4.69) is 71.7 Å². The second kappa shape index (κ2) is 5.69. The third-order valence-corrected chi connectivity index (χ3v) is 3.97. The fourth-order valence-electron chi connectivity index (χ4n) is 2.84. The molecule has 3 nitrogen and oxygen atoms in total. The summed E-state index contributed by atoms with van der Waals surface area (Å²) in [6.45, 7) is 2.06. The van der Waals surface area contributed by atoms with Crippen molar-refractivity contribution in [3.05, 3.63) is 83.7 Å². The maximum Gasteiger partial charge on any atom is 0.231 e. The van der Waals surface area contributed by atoms with Crippen LogP contribution in [0.4, 0.5) is 0 Å². The van der Waals surface area contributed by atoms with Crippen LogP contribution in [0.3, 0.4) is 0 Å². The Morgan fingerprint density at radius 1 is 0.913 bits per heavy atom. The van der Waals surface area contributed by atoms with Gasteiger partial charge in [-0.05, 0) is 29.3 Å². The fraction of sp³-hybridized carbons (Fsp3) is 0.100. The molecule has 0 unspecified atom stereocenters. The van der Waals surface area contributed by atoms with Gasteiger partial charge in [-0.25, -0.2) is 0 Å². The first-order valence-corrected chi connectivity index (χ1v) is 7.66. The summed E-state index contributed by atoms with van der Waals surface area (Å²) in [5.41, 5.74) is 3.36. The molecule has 1 heterocycles. The molecule has 0 N–H and O–H groups in total. The van der Waals surface area contributed by atoms with Gasteiger partial charge in [-0.3, -0.25) is 0 Å². The molecule has 0 aliphatic carbocycles. The highest BCUT2D eigenvalue weighted by atomic mass is 16.5. The first kappa shape index (κ1) is 13.7. The predicted molar refractivity (Wildman–Crippen MR) is 91.2 cm³/mol. The molecule has 0 radical (unpaired) electrons. The van der Waals surface area contributed by atoms with Gasteiger partial charge in [-0.1, -0.05) is 71.4 Å². The van der Waals surface area contributed by atoms with Gasteiger partial charge in [-0.15, -0.1) is 0 Å². The predicted octanol–water partition coefficient (Wildman–Crippen LogP) is 4.79. The number of hydrogen-bond acceptors (Lipinski definition) is 3. The van der Waals surface area contributed by atoms with Crippen LogP contribution < -0.4 is 0 Å². The van der Waals surface area contributed by atoms with Gasteiger partial charge in [0.05, 0.1) is 6.42 Å². The Labute approximate surface area is 134 Å². The van der Waals surface area contributed by atoms with Gasteiger partial charge in [0.2, 0.25) is 11.7 Å². The lowest BCUT2D eigenvalue weighted by molar-refractivity contribution is 0.386. The molecule has 4 aromatic rings. The Morgan fingerprint density at radius 2 is 1.74 bits per heavy atom. The third kappa shape index (κ3) is 2.73. The van der Waals surface area contributed by atoms with E-state index in [1.165, 1.54) is 21.9 Å². The second-order valence-corrected chi connectivity index (χ2v) is 5.70. The highest BCUT2D eigenvalue weighted by molar-refractivity contribution is 5.85. The van der Waals surface area contributed by atoms with E-state index in [0.29, 0.717) is 18.1 Å². The Morgan fingerprint density at radius 3 is 2.65 bits per heavy atom. The van der Waals surface area contributed by atoms with Crippen molar-refractivity contribution in [2.75, 3.05) is 0 Å². The molecule has 0 spiro atoms. The van der Waals surface area contributed by atoms with Crippen molar-refractivity contribution in [2.24, 2.45) is 0 Å². The molecular formula is C20H16N2O. The third-order valence-electron chi connectivity index (χ3n) is 3.97. The zero-order valence-corrected chi connectivity index (χ0v) is 12.9. The molecule has 112 valence electrons. The minimum atomic E-state index is 0.637. The first-order chi connectivity index (χ1) is 11.3. The van der Waals surface area contributed by atoms with Crippen molar-refractivity contribution >= 4 is 10.8 Å². The lowest BCUT2D eigenvalue weighted by Gasteiger charge is -2.03. The number of benzene rings is 3. The molecule has 0 saturated carbocycles. The van der Waals surface area contributed by atoms with Crippen molar-refractivity contribution in [3.8, 4) is 11.4 Å². The smallest absolute Gasteiger partial charge is 0.231 e. The molecule has 0 saturated heterocycles. The maximum atomic E-state index is 5.45. The minimum absolute atomic E-state index is 0.637. The second-order valence-electron chi connectivity index (χ2n) is 5.70. The van der Waals surface area contributed by atoms with Crippen LogP contribution in [0.5, 0.6) is 0 Å². The van der Waals surface area contributed by atoms with Crippen molar-refractivity contribution < 1.29 is 4.52 Å². The van der Waals surface area contributed by atoms with Gasteiger partial charge in [0, 0.05) is 5.56 Å². The summed E-state index contributed by atoms with van der Waals surface area (Å²) < 4.78 is 5.45. The Balaban J connectivity index is 1.67. The molecule has 0 aliphatic heterocycles. The zero-order valence-electron chi connectivity index (χ0n) is 12.9. The number of hydrogen-bond donors (Lipinski definition) is 0. The van der Waals surface area contributed by atoms with Crippen LogP contribution in [0.1, 0.15) is 17.0 Å². The molecule has 0 atom stereocenters. The van der Waals surface area contributed by atoms with Crippen LogP contribution in [-0.4, -0.2) is 10.1 Å². The average Bonchev–Trinajstić information content (AvgIpc) is 3.04. The van der Waals surface area contributed by atoms with E-state index >= 15 is 0 Å². The number of nitrogens with zero attached hydrogens (tertiary/aromatic N) is 2. The van der Waals surface area contributed by atoms with Gasteiger partial charge in [0.1, 0.15) is 0 Å². The Hall–Kier alpha value is -2.94. The van der Waals surface area contributed by atoms with Gasteiger partial charge in [-0.2, -0.15) is 4.98 Å². The zero-order chi connectivity index (χ0) is 15.6. The molecule has 3 aromatic carbocycles. The summed E-state index contributed by atoms with van der Waals surface area (Å²) in [6, 6.07) is 22.8. The first-order valence-electron chi connectivity index (χ1n) is 7.66. The molecule has 23 heavy (non-hydrogen) atoms. The summed E-state index contributed by atoms with van der Waals surface area (Å²) in [6.07, 6.45) is 0.639. The van der Waals surface area contributed by atoms with E-state index < -0.39 is 0 Å². The van der Waals surface area contributed by atoms with Gasteiger partial charge < -0.3 is 4.52 Å². The highest BCUT2D eigenvalue weighted by Gasteiger charge is 2.10. The summed E-state index contributed by atoms with van der Waals surface area (Å²) in [4.78, 5) is 4.55. The number of aryl methyl sites for hydroxylation is 1. The largest absolute Gasteiger partial charge is 0.339 e. The fourth-order valence-corrected chi connectivity index (χ4v) is 2.84. The summed E-state index contributed by atoms with van der Waals surface area (Å²) in [5, 5.41) is 6.57. The van der Waals surface area contributed by atoms with Gasteiger partial charge in [0.25, 0.3) is 0 Å². The van der Waals surface area contributed by atoms with Crippen molar-refractivity contribution in [1.29, 1.82) is 0 Å². The molecule has 0 bridgehead atoms. The summed E-state index contributed by atoms with van der Waals surface area (Å²) in [5.74, 6) is 1.28. The van der Waals surface area contributed by atoms with Gasteiger partial charge in [0.15, 0.2) is 0 Å². The number of rotatable bonds is 3. The van der Waals surface area contributed by atoms with Crippen LogP contribution in [-0.2, 0) is 6.42 Å².